The van der Waals surface area contributed by atoms with Crippen molar-refractivity contribution in [3.8, 4) is 0 Å². The molecule has 90 valence electrons. The van der Waals surface area contributed by atoms with Gasteiger partial charge < -0.3 is 9.55 Å². The maximum absolute atomic E-state index is 12.0. The summed E-state index contributed by atoms with van der Waals surface area (Å²) < 4.78 is 2.08. The van der Waals surface area contributed by atoms with E-state index in [2.05, 4.69) is 9.55 Å². The van der Waals surface area contributed by atoms with Gasteiger partial charge in [-0.2, -0.15) is 0 Å². The zero-order valence-corrected chi connectivity index (χ0v) is 11.1. The molecule has 0 bridgehead atoms. The second-order valence-corrected chi connectivity index (χ2v) is 4.95. The highest BCUT2D eigenvalue weighted by Crippen LogP contribution is 2.19. The largest absolute Gasteiger partial charge is 0.347 e. The van der Waals surface area contributed by atoms with Gasteiger partial charge in [-0.05, 0) is 38.3 Å². The molecule has 2 aromatic heterocycles. The van der Waals surface area contributed by atoms with Crippen LogP contribution in [0, 0.1) is 13.8 Å². The number of hydrogen-bond donors (Lipinski definition) is 1. The van der Waals surface area contributed by atoms with Crippen LogP contribution < -0.4 is 5.56 Å². The van der Waals surface area contributed by atoms with Crippen LogP contribution >= 0.6 is 11.8 Å². The van der Waals surface area contributed by atoms with Crippen molar-refractivity contribution in [2.45, 2.75) is 25.3 Å². The fraction of sp³-hybridized carbons (Fsp3) is 0.308. The summed E-state index contributed by atoms with van der Waals surface area (Å²) in [6.45, 7) is 4.58. The monoisotopic (exact) mass is 248 g/mol. The topological polar surface area (TPSA) is 37.8 Å². The number of H-pyrrole nitrogens is 1. The van der Waals surface area contributed by atoms with Crippen molar-refractivity contribution < 1.29 is 0 Å². The number of nitrogens with one attached hydrogen (secondary N) is 1. The summed E-state index contributed by atoms with van der Waals surface area (Å²) in [6.07, 6.45) is 4.00. The predicted octanol–water partition coefficient (Wildman–Crippen LogP) is 2.56. The van der Waals surface area contributed by atoms with Crippen LogP contribution in [0.4, 0.5) is 0 Å². The van der Waals surface area contributed by atoms with E-state index in [-0.39, 0.29) is 5.56 Å². The van der Waals surface area contributed by atoms with Crippen molar-refractivity contribution in [2.24, 2.45) is 0 Å². The average Bonchev–Trinajstić information content (AvgIpc) is 2.68. The number of aromatic amines is 1. The zero-order valence-electron chi connectivity index (χ0n) is 10.3. The van der Waals surface area contributed by atoms with Crippen molar-refractivity contribution >= 4 is 11.8 Å². The first-order chi connectivity index (χ1) is 8.11. The highest BCUT2D eigenvalue weighted by atomic mass is 32.2. The van der Waals surface area contributed by atoms with Gasteiger partial charge in [-0.3, -0.25) is 4.79 Å². The predicted molar refractivity (Wildman–Crippen MR) is 71.9 cm³/mol. The Morgan fingerprint density at radius 1 is 1.41 bits per heavy atom. The Balaban J connectivity index is 2.45. The van der Waals surface area contributed by atoms with Crippen LogP contribution in [0.3, 0.4) is 0 Å². The SMILES string of the molecule is CSc1cc(C)[nH]c(=O)c1Cn1cccc1C. The van der Waals surface area contributed by atoms with Gasteiger partial charge in [-0.25, -0.2) is 0 Å². The molecule has 0 saturated carbocycles. The van der Waals surface area contributed by atoms with E-state index in [1.165, 1.54) is 0 Å². The summed E-state index contributed by atoms with van der Waals surface area (Å²) in [5.41, 5.74) is 2.93. The van der Waals surface area contributed by atoms with Crippen LogP contribution in [-0.2, 0) is 6.54 Å². The summed E-state index contributed by atoms with van der Waals surface area (Å²) in [5.74, 6) is 0. The normalized spacial score (nSPS) is 10.8. The van der Waals surface area contributed by atoms with E-state index >= 15 is 0 Å². The minimum atomic E-state index is 0.0162. The molecule has 2 heterocycles. The first kappa shape index (κ1) is 12.0. The third-order valence-electron chi connectivity index (χ3n) is 2.83. The smallest absolute Gasteiger partial charge is 0.254 e. The fourth-order valence-corrected chi connectivity index (χ4v) is 2.56. The molecule has 2 rings (SSSR count). The molecule has 0 amide bonds. The van der Waals surface area contributed by atoms with Crippen LogP contribution in [0.15, 0.2) is 34.1 Å². The third-order valence-corrected chi connectivity index (χ3v) is 3.64. The number of aromatic nitrogens is 2. The van der Waals surface area contributed by atoms with Gasteiger partial charge in [0.05, 0.1) is 12.1 Å². The Labute approximate surface area is 105 Å². The Morgan fingerprint density at radius 3 is 2.76 bits per heavy atom. The van der Waals surface area contributed by atoms with E-state index in [4.69, 9.17) is 0 Å². The lowest BCUT2D eigenvalue weighted by Crippen LogP contribution is -2.18. The minimum Gasteiger partial charge on any atom is -0.347 e. The molecule has 0 unspecified atom stereocenters. The lowest BCUT2D eigenvalue weighted by Gasteiger charge is -2.10. The minimum absolute atomic E-state index is 0.0162. The number of hydrogen-bond acceptors (Lipinski definition) is 2. The summed E-state index contributed by atoms with van der Waals surface area (Å²) >= 11 is 1.62. The number of aryl methyl sites for hydroxylation is 2. The summed E-state index contributed by atoms with van der Waals surface area (Å²) in [4.78, 5) is 15.9. The van der Waals surface area contributed by atoms with E-state index in [1.807, 2.05) is 44.5 Å². The molecule has 0 aliphatic carbocycles. The van der Waals surface area contributed by atoms with Gasteiger partial charge in [0.25, 0.3) is 5.56 Å². The molecule has 2 aromatic rings. The van der Waals surface area contributed by atoms with Gasteiger partial charge in [0.2, 0.25) is 0 Å². The van der Waals surface area contributed by atoms with E-state index in [0.29, 0.717) is 6.54 Å². The molecule has 3 nitrogen and oxygen atoms in total. The molecule has 0 aliphatic heterocycles. The van der Waals surface area contributed by atoms with E-state index in [9.17, 15) is 4.79 Å². The van der Waals surface area contributed by atoms with Crippen LogP contribution in [-0.4, -0.2) is 15.8 Å². The average molecular weight is 248 g/mol. The molecule has 4 heteroatoms. The van der Waals surface area contributed by atoms with Crippen molar-refractivity contribution in [1.82, 2.24) is 9.55 Å². The molecule has 0 aliphatic rings. The van der Waals surface area contributed by atoms with Crippen LogP contribution in [0.5, 0.6) is 0 Å². The number of thioether (sulfide) groups is 1. The molecule has 0 radical (unpaired) electrons. The molecule has 0 fully saturated rings. The first-order valence-corrected chi connectivity index (χ1v) is 6.73. The summed E-state index contributed by atoms with van der Waals surface area (Å²) in [5, 5.41) is 0. The standard InChI is InChI=1S/C13H16N2OS/c1-9-7-12(17-3)11(13(16)14-9)8-15-6-4-5-10(15)2/h4-7H,8H2,1-3H3,(H,14,16). The molecular weight excluding hydrogens is 232 g/mol. The molecule has 0 aromatic carbocycles. The zero-order chi connectivity index (χ0) is 12.4. The van der Waals surface area contributed by atoms with E-state index in [1.54, 1.807) is 11.8 Å². The molecular formula is C13H16N2OS. The van der Waals surface area contributed by atoms with Crippen LogP contribution in [0.2, 0.25) is 0 Å². The number of pyridine rings is 1. The third kappa shape index (κ3) is 2.47. The van der Waals surface area contributed by atoms with E-state index < -0.39 is 0 Å². The Morgan fingerprint density at radius 2 is 2.18 bits per heavy atom. The Kier molecular flexibility index (Phi) is 3.43. The van der Waals surface area contributed by atoms with Gasteiger partial charge in [-0.1, -0.05) is 0 Å². The second kappa shape index (κ2) is 4.84. The van der Waals surface area contributed by atoms with Gasteiger partial charge in [0.1, 0.15) is 0 Å². The number of nitrogens with zero attached hydrogens (tertiary/aromatic N) is 1. The molecule has 1 N–H and O–H groups in total. The van der Waals surface area contributed by atoms with Crippen molar-refractivity contribution in [3.05, 3.63) is 51.7 Å². The Hall–Kier alpha value is -1.42. The Bertz CT molecular complexity index is 583. The maximum Gasteiger partial charge on any atom is 0.254 e. The quantitative estimate of drug-likeness (QED) is 0.848. The molecule has 0 atom stereocenters. The van der Waals surface area contributed by atoms with Crippen molar-refractivity contribution in [1.29, 1.82) is 0 Å². The first-order valence-electron chi connectivity index (χ1n) is 5.50. The second-order valence-electron chi connectivity index (χ2n) is 4.11. The van der Waals surface area contributed by atoms with Crippen molar-refractivity contribution in [2.75, 3.05) is 6.26 Å². The van der Waals surface area contributed by atoms with Gasteiger partial charge in [-0.15, -0.1) is 11.8 Å². The van der Waals surface area contributed by atoms with Crippen molar-refractivity contribution in [3.63, 3.8) is 0 Å². The maximum atomic E-state index is 12.0. The summed E-state index contributed by atoms with van der Waals surface area (Å²) in [6, 6.07) is 6.07. The van der Waals surface area contributed by atoms with E-state index in [0.717, 1.165) is 21.8 Å². The van der Waals surface area contributed by atoms with Crippen LogP contribution in [0.25, 0.3) is 0 Å². The lowest BCUT2D eigenvalue weighted by atomic mass is 10.2. The highest BCUT2D eigenvalue weighted by molar-refractivity contribution is 7.98. The van der Waals surface area contributed by atoms with Crippen LogP contribution in [0.1, 0.15) is 17.0 Å². The fourth-order valence-electron chi connectivity index (χ4n) is 1.87. The lowest BCUT2D eigenvalue weighted by molar-refractivity contribution is 0.750. The summed E-state index contributed by atoms with van der Waals surface area (Å²) in [7, 11) is 0. The van der Waals surface area contributed by atoms with Gasteiger partial charge in [0.15, 0.2) is 0 Å². The van der Waals surface area contributed by atoms with Gasteiger partial charge in [0, 0.05) is 22.5 Å². The molecule has 0 saturated heterocycles. The van der Waals surface area contributed by atoms with Gasteiger partial charge >= 0.3 is 0 Å². The molecule has 0 spiro atoms. The molecule has 17 heavy (non-hydrogen) atoms. The number of rotatable bonds is 3. The highest BCUT2D eigenvalue weighted by Gasteiger charge is 2.09.